The summed E-state index contributed by atoms with van der Waals surface area (Å²) in [7, 11) is -3.84. The van der Waals surface area contributed by atoms with Crippen molar-refractivity contribution in [3.8, 4) is 0 Å². The van der Waals surface area contributed by atoms with Gasteiger partial charge in [0.25, 0.3) is 10.0 Å². The first-order chi connectivity index (χ1) is 14.5. The van der Waals surface area contributed by atoms with Crippen molar-refractivity contribution >= 4 is 27.3 Å². The number of aryl methyl sites for hydroxylation is 2. The summed E-state index contributed by atoms with van der Waals surface area (Å²) < 4.78 is 66.9. The maximum absolute atomic E-state index is 13.0. The summed E-state index contributed by atoms with van der Waals surface area (Å²) in [5.74, 6) is -2.65. The second-order valence-corrected chi connectivity index (χ2v) is 9.67. The number of alkyl halides is 3. The Balaban J connectivity index is 1.68. The number of rotatable bonds is 5. The smallest absolute Gasteiger partial charge is 0.326 e. The maximum atomic E-state index is 13.0. The van der Waals surface area contributed by atoms with Gasteiger partial charge in [-0.2, -0.15) is 13.2 Å². The summed E-state index contributed by atoms with van der Waals surface area (Å²) >= 11 is 0. The van der Waals surface area contributed by atoms with Gasteiger partial charge in [-0.25, -0.2) is 8.42 Å². The molecule has 1 aliphatic rings. The van der Waals surface area contributed by atoms with Crippen LogP contribution in [0.2, 0.25) is 0 Å². The summed E-state index contributed by atoms with van der Waals surface area (Å²) in [5, 5.41) is 2.61. The number of anilines is 2. The fourth-order valence-corrected chi connectivity index (χ4v) is 5.06. The Morgan fingerprint density at radius 3 is 2.19 bits per heavy atom. The van der Waals surface area contributed by atoms with Crippen LogP contribution in [0.3, 0.4) is 0 Å². The van der Waals surface area contributed by atoms with Crippen LogP contribution in [0.25, 0.3) is 0 Å². The van der Waals surface area contributed by atoms with E-state index in [-0.39, 0.29) is 17.7 Å². The highest BCUT2D eigenvalue weighted by atomic mass is 32.2. The fourth-order valence-electron chi connectivity index (χ4n) is 3.86. The lowest BCUT2D eigenvalue weighted by atomic mass is 9.80. The number of para-hydroxylation sites is 1. The summed E-state index contributed by atoms with van der Waals surface area (Å²) in [6, 6.07) is 11.0. The highest BCUT2D eigenvalue weighted by molar-refractivity contribution is 7.92. The van der Waals surface area contributed by atoms with Gasteiger partial charge in [0.1, 0.15) is 0 Å². The Morgan fingerprint density at radius 1 is 1.00 bits per heavy atom. The van der Waals surface area contributed by atoms with E-state index in [1.54, 1.807) is 26.0 Å². The lowest BCUT2D eigenvalue weighted by Crippen LogP contribution is -2.34. The largest absolute Gasteiger partial charge is 0.391 e. The minimum atomic E-state index is -4.29. The average molecular weight is 455 g/mol. The third kappa shape index (κ3) is 5.58. The lowest BCUT2D eigenvalue weighted by Gasteiger charge is -2.29. The van der Waals surface area contributed by atoms with Gasteiger partial charge in [0, 0.05) is 11.6 Å². The van der Waals surface area contributed by atoms with Crippen molar-refractivity contribution in [2.45, 2.75) is 50.6 Å². The van der Waals surface area contributed by atoms with E-state index < -0.39 is 33.9 Å². The molecular formula is C22H25F3N2O3S. The third-order valence-electron chi connectivity index (χ3n) is 5.66. The van der Waals surface area contributed by atoms with Crippen molar-refractivity contribution < 1.29 is 26.4 Å². The predicted octanol–water partition coefficient (Wildman–Crippen LogP) is 5.41. The molecule has 1 aliphatic carbocycles. The Bertz CT molecular complexity index is 1030. The lowest BCUT2D eigenvalue weighted by molar-refractivity contribution is -0.185. The summed E-state index contributed by atoms with van der Waals surface area (Å²) in [4.78, 5) is 12.4. The molecule has 1 amide bonds. The SMILES string of the molecule is Cc1cccc(C)c1NS(=O)(=O)c1ccc(NC(=O)C2CCCC(C(F)(F)F)C2)cc1. The molecule has 5 nitrogen and oxygen atoms in total. The van der Waals surface area contributed by atoms with Crippen molar-refractivity contribution in [1.29, 1.82) is 0 Å². The number of benzene rings is 2. The fraction of sp³-hybridized carbons (Fsp3) is 0.409. The van der Waals surface area contributed by atoms with E-state index in [2.05, 4.69) is 10.0 Å². The molecule has 31 heavy (non-hydrogen) atoms. The van der Waals surface area contributed by atoms with Gasteiger partial charge in [0.2, 0.25) is 5.91 Å². The van der Waals surface area contributed by atoms with Gasteiger partial charge in [-0.1, -0.05) is 24.6 Å². The Hall–Kier alpha value is -2.55. The van der Waals surface area contributed by atoms with Gasteiger partial charge >= 0.3 is 6.18 Å². The van der Waals surface area contributed by atoms with Crippen LogP contribution in [0.4, 0.5) is 24.5 Å². The highest BCUT2D eigenvalue weighted by Crippen LogP contribution is 2.40. The predicted molar refractivity (Wildman–Crippen MR) is 113 cm³/mol. The van der Waals surface area contributed by atoms with Crippen LogP contribution in [0.15, 0.2) is 47.4 Å². The number of halogens is 3. The van der Waals surface area contributed by atoms with Gasteiger partial charge in [-0.05, 0) is 68.5 Å². The first-order valence-electron chi connectivity index (χ1n) is 10.0. The maximum Gasteiger partial charge on any atom is 0.391 e. The number of nitrogens with one attached hydrogen (secondary N) is 2. The van der Waals surface area contributed by atoms with Crippen molar-refractivity contribution in [3.63, 3.8) is 0 Å². The number of carbonyl (C=O) groups excluding carboxylic acids is 1. The quantitative estimate of drug-likeness (QED) is 0.634. The molecule has 0 aromatic heterocycles. The van der Waals surface area contributed by atoms with Crippen LogP contribution < -0.4 is 10.0 Å². The number of sulfonamides is 1. The molecule has 9 heteroatoms. The molecule has 0 spiro atoms. The molecule has 0 radical (unpaired) electrons. The van der Waals surface area contributed by atoms with Crippen LogP contribution in [0, 0.1) is 25.7 Å². The standard InChI is InChI=1S/C22H25F3N2O3S/c1-14-5-3-6-15(2)20(14)27-31(29,30)19-11-9-18(10-12-19)26-21(28)16-7-4-8-17(13-16)22(23,24)25/h3,5-6,9-12,16-17,27H,4,7-8,13H2,1-2H3,(H,26,28). The Labute approximate surface area is 180 Å². The summed E-state index contributed by atoms with van der Waals surface area (Å²) in [5.41, 5.74) is 2.43. The van der Waals surface area contributed by atoms with Gasteiger partial charge in [0.05, 0.1) is 16.5 Å². The molecular weight excluding hydrogens is 429 g/mol. The molecule has 2 aromatic carbocycles. The number of hydrogen-bond donors (Lipinski definition) is 2. The molecule has 0 bridgehead atoms. The second kappa shape index (κ2) is 8.90. The summed E-state index contributed by atoms with van der Waals surface area (Å²) in [6.07, 6.45) is -3.71. The molecule has 0 saturated heterocycles. The first-order valence-corrected chi connectivity index (χ1v) is 11.5. The zero-order chi connectivity index (χ0) is 22.8. The zero-order valence-electron chi connectivity index (χ0n) is 17.3. The van der Waals surface area contributed by atoms with Gasteiger partial charge in [-0.15, -0.1) is 0 Å². The molecule has 168 valence electrons. The van der Waals surface area contributed by atoms with E-state index in [4.69, 9.17) is 0 Å². The monoisotopic (exact) mass is 454 g/mol. The third-order valence-corrected chi connectivity index (χ3v) is 7.02. The molecule has 2 aromatic rings. The molecule has 1 saturated carbocycles. The van der Waals surface area contributed by atoms with Gasteiger partial charge in [0.15, 0.2) is 0 Å². The molecule has 2 N–H and O–H groups in total. The van der Waals surface area contributed by atoms with Gasteiger partial charge in [-0.3, -0.25) is 9.52 Å². The minimum absolute atomic E-state index is 0.0166. The van der Waals surface area contributed by atoms with E-state index in [1.165, 1.54) is 24.3 Å². The summed E-state index contributed by atoms with van der Waals surface area (Å²) in [6.45, 7) is 3.61. The van der Waals surface area contributed by atoms with Crippen molar-refractivity contribution in [1.82, 2.24) is 0 Å². The second-order valence-electron chi connectivity index (χ2n) is 7.99. The molecule has 2 unspecified atom stereocenters. The molecule has 0 heterocycles. The number of hydrogen-bond acceptors (Lipinski definition) is 3. The van der Waals surface area contributed by atoms with E-state index in [0.717, 1.165) is 11.1 Å². The molecule has 1 fully saturated rings. The minimum Gasteiger partial charge on any atom is -0.326 e. The van der Waals surface area contributed by atoms with Crippen LogP contribution in [0.5, 0.6) is 0 Å². The van der Waals surface area contributed by atoms with Crippen LogP contribution >= 0.6 is 0 Å². The number of amides is 1. The van der Waals surface area contributed by atoms with E-state index in [1.807, 2.05) is 6.07 Å². The Kier molecular flexibility index (Phi) is 6.64. The average Bonchev–Trinajstić information content (AvgIpc) is 2.71. The molecule has 3 rings (SSSR count). The van der Waals surface area contributed by atoms with E-state index >= 15 is 0 Å². The van der Waals surface area contributed by atoms with Crippen LogP contribution in [0.1, 0.15) is 36.8 Å². The van der Waals surface area contributed by atoms with Crippen molar-refractivity contribution in [2.24, 2.45) is 11.8 Å². The van der Waals surface area contributed by atoms with Gasteiger partial charge < -0.3 is 5.32 Å². The molecule has 2 atom stereocenters. The number of carbonyl (C=O) groups is 1. The highest BCUT2D eigenvalue weighted by Gasteiger charge is 2.43. The first kappa shape index (κ1) is 23.1. The topological polar surface area (TPSA) is 75.3 Å². The zero-order valence-corrected chi connectivity index (χ0v) is 18.1. The van der Waals surface area contributed by atoms with Crippen LogP contribution in [-0.2, 0) is 14.8 Å². The normalized spacial score (nSPS) is 19.6. The Morgan fingerprint density at radius 2 is 1.61 bits per heavy atom. The van der Waals surface area contributed by atoms with Crippen molar-refractivity contribution in [3.05, 3.63) is 53.6 Å². The van der Waals surface area contributed by atoms with E-state index in [0.29, 0.717) is 24.2 Å². The van der Waals surface area contributed by atoms with Crippen LogP contribution in [-0.4, -0.2) is 20.5 Å². The molecule has 0 aliphatic heterocycles. The van der Waals surface area contributed by atoms with E-state index in [9.17, 15) is 26.4 Å². The van der Waals surface area contributed by atoms with Crippen molar-refractivity contribution in [2.75, 3.05) is 10.0 Å².